The summed E-state index contributed by atoms with van der Waals surface area (Å²) in [5, 5.41) is 5.77. The lowest BCUT2D eigenvalue weighted by atomic mass is 10.2. The monoisotopic (exact) mass is 439 g/mol. The molecule has 30 heavy (non-hydrogen) atoms. The van der Waals surface area contributed by atoms with Gasteiger partial charge in [0.1, 0.15) is 23.1 Å². The molecule has 1 atom stereocenters. The molecular formula is C18H16F3N5O3S. The number of ether oxygens (including phenoxy) is 1. The molecule has 1 aromatic carbocycles. The first-order valence-corrected chi connectivity index (χ1v) is 9.74. The van der Waals surface area contributed by atoms with Gasteiger partial charge < -0.3 is 15.4 Å². The molecule has 0 radical (unpaired) electrons. The van der Waals surface area contributed by atoms with Gasteiger partial charge in [-0.15, -0.1) is 0 Å². The number of nitrogens with one attached hydrogen (secondary N) is 2. The number of rotatable bonds is 6. The van der Waals surface area contributed by atoms with Gasteiger partial charge in [-0.1, -0.05) is 12.1 Å². The highest BCUT2D eigenvalue weighted by Gasteiger charge is 2.32. The van der Waals surface area contributed by atoms with Crippen LogP contribution in [0.2, 0.25) is 0 Å². The number of nitrogens with zero attached hydrogens (tertiary/aromatic N) is 3. The predicted molar refractivity (Wildman–Crippen MR) is 105 cm³/mol. The molecule has 2 N–H and O–H groups in total. The molecule has 8 nitrogen and oxygen atoms in total. The summed E-state index contributed by atoms with van der Waals surface area (Å²) in [7, 11) is -1.58. The van der Waals surface area contributed by atoms with E-state index in [1.807, 2.05) is 0 Å². The molecule has 2 heterocycles. The summed E-state index contributed by atoms with van der Waals surface area (Å²) in [6, 6.07) is 7.34. The van der Waals surface area contributed by atoms with E-state index < -0.39 is 28.6 Å². The van der Waals surface area contributed by atoms with Crippen LogP contribution in [0.1, 0.15) is 18.2 Å². The van der Waals surface area contributed by atoms with E-state index >= 15 is 0 Å². The van der Waals surface area contributed by atoms with Gasteiger partial charge in [0.2, 0.25) is 5.95 Å². The highest BCUT2D eigenvalue weighted by Crippen LogP contribution is 2.29. The van der Waals surface area contributed by atoms with Crippen molar-refractivity contribution in [2.24, 2.45) is 4.99 Å². The number of hydrogen-bond acceptors (Lipinski definition) is 8. The molecule has 0 bridgehead atoms. The Hall–Kier alpha value is -3.28. The van der Waals surface area contributed by atoms with Gasteiger partial charge in [-0.05, 0) is 23.8 Å². The average Bonchev–Trinajstić information content (AvgIpc) is 3.05. The zero-order chi connectivity index (χ0) is 21.7. The predicted octanol–water partition coefficient (Wildman–Crippen LogP) is 2.81. The summed E-state index contributed by atoms with van der Waals surface area (Å²) in [6.45, 7) is 1.65. The van der Waals surface area contributed by atoms with Crippen LogP contribution >= 0.6 is 0 Å². The van der Waals surface area contributed by atoms with E-state index in [2.05, 4.69) is 25.6 Å². The summed E-state index contributed by atoms with van der Waals surface area (Å²) in [6.07, 6.45) is -2.13. The number of esters is 1. The third-order valence-electron chi connectivity index (χ3n) is 3.71. The molecule has 158 valence electrons. The Balaban J connectivity index is 1.67. The quantitative estimate of drug-likeness (QED) is 0.527. The maximum absolute atomic E-state index is 12.8. The Morgan fingerprint density at radius 3 is 2.80 bits per heavy atom. The van der Waals surface area contributed by atoms with Crippen LogP contribution in [-0.2, 0) is 26.5 Å². The molecule has 1 unspecified atom stereocenters. The van der Waals surface area contributed by atoms with Crippen LogP contribution in [0.3, 0.4) is 0 Å². The van der Waals surface area contributed by atoms with E-state index in [1.54, 1.807) is 24.3 Å². The van der Waals surface area contributed by atoms with Crippen LogP contribution in [0.5, 0.6) is 0 Å². The Morgan fingerprint density at radius 1 is 1.27 bits per heavy atom. The van der Waals surface area contributed by atoms with E-state index in [9.17, 15) is 22.2 Å². The van der Waals surface area contributed by atoms with E-state index in [-0.39, 0.29) is 24.3 Å². The third-order valence-corrected chi connectivity index (χ3v) is 5.05. The van der Waals surface area contributed by atoms with Gasteiger partial charge in [0.15, 0.2) is 5.17 Å². The maximum atomic E-state index is 12.8. The highest BCUT2D eigenvalue weighted by molar-refractivity contribution is 8.09. The van der Waals surface area contributed by atoms with Crippen LogP contribution < -0.4 is 10.6 Å². The fraction of sp³-hybridized carbons (Fsp3) is 0.222. The first kappa shape index (κ1) is 21.4. The number of aliphatic imine (C=N–C) groups is 1. The van der Waals surface area contributed by atoms with Gasteiger partial charge in [0.05, 0.1) is 11.4 Å². The number of amidine groups is 1. The second-order valence-corrected chi connectivity index (χ2v) is 7.30. The summed E-state index contributed by atoms with van der Waals surface area (Å²) < 4.78 is 55.8. The molecule has 0 fully saturated rings. The van der Waals surface area contributed by atoms with E-state index in [0.717, 1.165) is 12.3 Å². The topological polar surface area (TPSA) is 106 Å². The normalized spacial score (nSPS) is 15.9. The van der Waals surface area contributed by atoms with Crippen molar-refractivity contribution in [2.75, 3.05) is 18.5 Å². The van der Waals surface area contributed by atoms with Gasteiger partial charge in [0, 0.05) is 25.0 Å². The highest BCUT2D eigenvalue weighted by atomic mass is 32.2. The molecular weight excluding hydrogens is 423 g/mol. The van der Waals surface area contributed by atoms with Crippen LogP contribution in [0.25, 0.3) is 4.91 Å². The van der Waals surface area contributed by atoms with Crippen LogP contribution in [0.15, 0.2) is 47.7 Å². The SMILES string of the molecule is CC(=O)OCCNC1=NC=C(c2cccc(Nc3nccc(C(F)(F)F)n3)c2)S1=O. The Morgan fingerprint density at radius 2 is 2.07 bits per heavy atom. The summed E-state index contributed by atoms with van der Waals surface area (Å²) in [5.74, 6) is -0.633. The van der Waals surface area contributed by atoms with E-state index in [4.69, 9.17) is 4.74 Å². The number of anilines is 2. The smallest absolute Gasteiger partial charge is 0.433 e. The average molecular weight is 439 g/mol. The number of carbonyl (C=O) groups excluding carboxylic acids is 1. The van der Waals surface area contributed by atoms with E-state index in [1.165, 1.54) is 13.1 Å². The van der Waals surface area contributed by atoms with Crippen LogP contribution in [-0.4, -0.2) is 38.5 Å². The summed E-state index contributed by atoms with van der Waals surface area (Å²) in [5.41, 5.74) is -0.0829. The molecule has 2 aromatic rings. The number of halogens is 3. The Bertz CT molecular complexity index is 1040. The minimum absolute atomic E-state index is 0.108. The summed E-state index contributed by atoms with van der Waals surface area (Å²) in [4.78, 5) is 22.5. The van der Waals surface area contributed by atoms with Crippen molar-refractivity contribution >= 4 is 38.5 Å². The second kappa shape index (κ2) is 9.03. The second-order valence-electron chi connectivity index (χ2n) is 5.93. The standard InChI is InChI=1S/C18H16F3N5O3S/c1-11(27)29-8-7-23-17-24-10-14(30(17)28)12-3-2-4-13(9-12)25-16-22-6-5-15(26-16)18(19,20)21/h2-6,9-10H,7-8H2,1H3,(H,23,24)(H,22,25,26). The zero-order valence-corrected chi connectivity index (χ0v) is 16.4. The Labute approximate surface area is 171 Å². The molecule has 0 spiro atoms. The lowest BCUT2D eigenvalue weighted by molar-refractivity contribution is -0.141. The number of benzene rings is 1. The van der Waals surface area contributed by atoms with Crippen LogP contribution in [0.4, 0.5) is 24.8 Å². The fourth-order valence-corrected chi connectivity index (χ4v) is 3.50. The minimum atomic E-state index is -4.58. The zero-order valence-electron chi connectivity index (χ0n) is 15.6. The lowest BCUT2D eigenvalue weighted by Gasteiger charge is -2.10. The van der Waals surface area contributed by atoms with Gasteiger partial charge in [-0.3, -0.25) is 4.79 Å². The van der Waals surface area contributed by atoms with Crippen molar-refractivity contribution < 1.29 is 26.9 Å². The lowest BCUT2D eigenvalue weighted by Crippen LogP contribution is -2.29. The fourth-order valence-electron chi connectivity index (χ4n) is 2.42. The van der Waals surface area contributed by atoms with Crippen molar-refractivity contribution in [3.63, 3.8) is 0 Å². The van der Waals surface area contributed by atoms with Crippen molar-refractivity contribution in [1.82, 2.24) is 15.3 Å². The molecule has 12 heteroatoms. The minimum Gasteiger partial charge on any atom is -0.464 e. The molecule has 1 aromatic heterocycles. The van der Waals surface area contributed by atoms with Gasteiger partial charge >= 0.3 is 12.1 Å². The molecule has 0 saturated heterocycles. The molecule has 0 saturated carbocycles. The number of hydrogen-bond donors (Lipinski definition) is 2. The maximum Gasteiger partial charge on any atom is 0.433 e. The molecule has 0 amide bonds. The van der Waals surface area contributed by atoms with Gasteiger partial charge in [-0.2, -0.15) is 13.2 Å². The van der Waals surface area contributed by atoms with Crippen LogP contribution in [0, 0.1) is 0 Å². The number of aromatic nitrogens is 2. The van der Waals surface area contributed by atoms with Crippen molar-refractivity contribution in [2.45, 2.75) is 13.1 Å². The van der Waals surface area contributed by atoms with Crippen molar-refractivity contribution in [1.29, 1.82) is 0 Å². The third kappa shape index (κ3) is 5.41. The first-order valence-electron chi connectivity index (χ1n) is 8.59. The molecule has 0 aliphatic carbocycles. The summed E-state index contributed by atoms with van der Waals surface area (Å²) >= 11 is 0. The molecule has 1 aliphatic heterocycles. The number of carbonyl (C=O) groups is 1. The number of alkyl halides is 3. The molecule has 3 rings (SSSR count). The van der Waals surface area contributed by atoms with Crippen molar-refractivity contribution in [3.05, 3.63) is 54.0 Å². The Kier molecular flexibility index (Phi) is 6.45. The van der Waals surface area contributed by atoms with E-state index in [0.29, 0.717) is 16.2 Å². The largest absolute Gasteiger partial charge is 0.464 e. The van der Waals surface area contributed by atoms with Gasteiger partial charge in [0.25, 0.3) is 0 Å². The van der Waals surface area contributed by atoms with Gasteiger partial charge in [-0.25, -0.2) is 19.2 Å². The van der Waals surface area contributed by atoms with Crippen molar-refractivity contribution in [3.8, 4) is 0 Å². The molecule has 1 aliphatic rings. The first-order chi connectivity index (χ1) is 14.2.